The van der Waals surface area contributed by atoms with Crippen LogP contribution in [0.3, 0.4) is 0 Å². The second kappa shape index (κ2) is 7.50. The van der Waals surface area contributed by atoms with Crippen LogP contribution in [-0.4, -0.2) is 49.7 Å². The number of benzene rings is 1. The molecule has 2 N–H and O–H groups in total. The summed E-state index contributed by atoms with van der Waals surface area (Å²) in [5, 5.41) is 5.92. The maximum Gasteiger partial charge on any atom is 0.321 e. The highest BCUT2D eigenvalue weighted by molar-refractivity contribution is 5.95. The Morgan fingerprint density at radius 3 is 2.50 bits per heavy atom. The fourth-order valence-electron chi connectivity index (χ4n) is 4.13. The van der Waals surface area contributed by atoms with E-state index in [-0.39, 0.29) is 11.9 Å². The molecular formula is C20H25N3O3. The molecule has 138 valence electrons. The summed E-state index contributed by atoms with van der Waals surface area (Å²) < 4.78 is 5.25. The van der Waals surface area contributed by atoms with Crippen molar-refractivity contribution >= 4 is 17.6 Å². The van der Waals surface area contributed by atoms with Crippen LogP contribution in [0.15, 0.2) is 36.4 Å². The van der Waals surface area contributed by atoms with Gasteiger partial charge in [-0.25, -0.2) is 4.79 Å². The molecule has 0 spiro atoms. The van der Waals surface area contributed by atoms with Gasteiger partial charge in [-0.2, -0.15) is 0 Å². The first kappa shape index (κ1) is 17.1. The fourth-order valence-corrected chi connectivity index (χ4v) is 4.13. The van der Waals surface area contributed by atoms with Crippen LogP contribution in [0.2, 0.25) is 0 Å². The van der Waals surface area contributed by atoms with Gasteiger partial charge in [-0.05, 0) is 54.9 Å². The van der Waals surface area contributed by atoms with Crippen LogP contribution in [0, 0.1) is 17.8 Å². The SMILES string of the molecule is O=C(NC[C@@H]1C[C@@H]2C=C[C@@H]1C2)c1ccc(NC(=O)N2CCOCC2)cc1. The van der Waals surface area contributed by atoms with E-state index in [9.17, 15) is 9.59 Å². The third-order valence-electron chi connectivity index (χ3n) is 5.64. The molecule has 1 aromatic carbocycles. The number of morpholine rings is 1. The van der Waals surface area contributed by atoms with Crippen molar-refractivity contribution in [3.8, 4) is 0 Å². The highest BCUT2D eigenvalue weighted by atomic mass is 16.5. The van der Waals surface area contributed by atoms with Gasteiger partial charge in [0, 0.05) is 30.9 Å². The number of urea groups is 1. The summed E-state index contributed by atoms with van der Waals surface area (Å²) >= 11 is 0. The van der Waals surface area contributed by atoms with Crippen molar-refractivity contribution in [3.05, 3.63) is 42.0 Å². The van der Waals surface area contributed by atoms with Crippen molar-refractivity contribution < 1.29 is 14.3 Å². The lowest BCUT2D eigenvalue weighted by Gasteiger charge is -2.26. The summed E-state index contributed by atoms with van der Waals surface area (Å²) in [5.41, 5.74) is 1.31. The molecule has 2 aliphatic carbocycles. The topological polar surface area (TPSA) is 70.7 Å². The molecular weight excluding hydrogens is 330 g/mol. The average Bonchev–Trinajstić information content (AvgIpc) is 3.30. The van der Waals surface area contributed by atoms with Gasteiger partial charge in [-0.3, -0.25) is 4.79 Å². The largest absolute Gasteiger partial charge is 0.378 e. The van der Waals surface area contributed by atoms with Gasteiger partial charge in [-0.15, -0.1) is 0 Å². The molecule has 1 aromatic rings. The summed E-state index contributed by atoms with van der Waals surface area (Å²) in [6.45, 7) is 3.09. The summed E-state index contributed by atoms with van der Waals surface area (Å²) in [5.74, 6) is 1.87. The molecule has 1 saturated carbocycles. The minimum atomic E-state index is -0.130. The summed E-state index contributed by atoms with van der Waals surface area (Å²) in [6.07, 6.45) is 7.05. The zero-order valence-electron chi connectivity index (χ0n) is 14.8. The van der Waals surface area contributed by atoms with Gasteiger partial charge >= 0.3 is 6.03 Å². The normalized spacial score (nSPS) is 26.8. The van der Waals surface area contributed by atoms with Gasteiger partial charge in [0.15, 0.2) is 0 Å². The van der Waals surface area contributed by atoms with Crippen LogP contribution in [0.4, 0.5) is 10.5 Å². The van der Waals surface area contributed by atoms with E-state index in [1.807, 2.05) is 0 Å². The number of hydrogen-bond donors (Lipinski definition) is 2. The monoisotopic (exact) mass is 355 g/mol. The standard InChI is InChI=1S/C20H25N3O3/c24-19(21-13-17-12-14-1-2-16(17)11-14)15-3-5-18(6-4-15)22-20(25)23-7-9-26-10-8-23/h1-6,14,16-17H,7-13H2,(H,21,24)(H,22,25)/t14-,16-,17+/m1/s1. The molecule has 3 atom stereocenters. The molecule has 1 aliphatic heterocycles. The first-order valence-corrected chi connectivity index (χ1v) is 9.39. The van der Waals surface area contributed by atoms with E-state index in [0.29, 0.717) is 49.4 Å². The minimum absolute atomic E-state index is 0.0530. The second-order valence-corrected chi connectivity index (χ2v) is 7.36. The Kier molecular flexibility index (Phi) is 4.93. The lowest BCUT2D eigenvalue weighted by Crippen LogP contribution is -2.43. The van der Waals surface area contributed by atoms with E-state index in [0.717, 1.165) is 12.5 Å². The predicted molar refractivity (Wildman–Crippen MR) is 99.0 cm³/mol. The fraction of sp³-hybridized carbons (Fsp3) is 0.500. The van der Waals surface area contributed by atoms with Gasteiger partial charge in [0.2, 0.25) is 0 Å². The van der Waals surface area contributed by atoms with E-state index in [1.165, 1.54) is 12.8 Å². The van der Waals surface area contributed by atoms with Gasteiger partial charge in [0.1, 0.15) is 0 Å². The van der Waals surface area contributed by atoms with Gasteiger partial charge < -0.3 is 20.3 Å². The number of fused-ring (bicyclic) bond motifs is 2. The Labute approximate surface area is 153 Å². The summed E-state index contributed by atoms with van der Waals surface area (Å²) in [6, 6.07) is 6.92. The van der Waals surface area contributed by atoms with Crippen molar-refractivity contribution in [3.63, 3.8) is 0 Å². The number of nitrogens with one attached hydrogen (secondary N) is 2. The molecule has 3 amide bonds. The Morgan fingerprint density at radius 2 is 1.85 bits per heavy atom. The van der Waals surface area contributed by atoms with Crippen LogP contribution < -0.4 is 10.6 Å². The van der Waals surface area contributed by atoms with Crippen LogP contribution >= 0.6 is 0 Å². The number of amides is 3. The number of rotatable bonds is 4. The van der Waals surface area contributed by atoms with E-state index in [1.54, 1.807) is 29.2 Å². The molecule has 0 unspecified atom stereocenters. The smallest absolute Gasteiger partial charge is 0.321 e. The Hall–Kier alpha value is -2.34. The predicted octanol–water partition coefficient (Wildman–Crippen LogP) is 2.49. The van der Waals surface area contributed by atoms with Gasteiger partial charge in [0.05, 0.1) is 13.2 Å². The molecule has 6 heteroatoms. The number of carbonyl (C=O) groups excluding carboxylic acids is 2. The lowest BCUT2D eigenvalue weighted by molar-refractivity contribution is 0.0564. The number of anilines is 1. The highest BCUT2D eigenvalue weighted by Gasteiger charge is 2.35. The third-order valence-corrected chi connectivity index (χ3v) is 5.64. The van der Waals surface area contributed by atoms with Crippen molar-refractivity contribution in [2.45, 2.75) is 12.8 Å². The molecule has 2 bridgehead atoms. The van der Waals surface area contributed by atoms with E-state index < -0.39 is 0 Å². The Bertz CT molecular complexity index is 695. The zero-order chi connectivity index (χ0) is 17.9. The lowest BCUT2D eigenvalue weighted by atomic mass is 9.93. The average molecular weight is 355 g/mol. The quantitative estimate of drug-likeness (QED) is 0.815. The molecule has 1 saturated heterocycles. The number of carbonyl (C=O) groups is 2. The number of ether oxygens (including phenoxy) is 1. The molecule has 26 heavy (non-hydrogen) atoms. The maximum atomic E-state index is 12.3. The highest BCUT2D eigenvalue weighted by Crippen LogP contribution is 2.42. The number of nitrogens with zero attached hydrogens (tertiary/aromatic N) is 1. The minimum Gasteiger partial charge on any atom is -0.378 e. The molecule has 0 aromatic heterocycles. The van der Waals surface area contributed by atoms with Gasteiger partial charge in [0.25, 0.3) is 5.91 Å². The molecule has 0 radical (unpaired) electrons. The second-order valence-electron chi connectivity index (χ2n) is 7.36. The Morgan fingerprint density at radius 1 is 1.08 bits per heavy atom. The van der Waals surface area contributed by atoms with Crippen molar-refractivity contribution in [2.75, 3.05) is 38.2 Å². The van der Waals surface area contributed by atoms with Crippen molar-refractivity contribution in [2.24, 2.45) is 17.8 Å². The van der Waals surface area contributed by atoms with Crippen LogP contribution in [-0.2, 0) is 4.74 Å². The first-order valence-electron chi connectivity index (χ1n) is 9.39. The summed E-state index contributed by atoms with van der Waals surface area (Å²) in [7, 11) is 0. The first-order chi connectivity index (χ1) is 12.7. The molecule has 6 nitrogen and oxygen atoms in total. The third kappa shape index (κ3) is 3.75. The Balaban J connectivity index is 1.27. The van der Waals surface area contributed by atoms with E-state index >= 15 is 0 Å². The van der Waals surface area contributed by atoms with Crippen molar-refractivity contribution in [1.29, 1.82) is 0 Å². The van der Waals surface area contributed by atoms with Gasteiger partial charge in [-0.1, -0.05) is 12.2 Å². The number of allylic oxidation sites excluding steroid dienone is 2. The van der Waals surface area contributed by atoms with Crippen molar-refractivity contribution in [1.82, 2.24) is 10.2 Å². The number of hydrogen-bond acceptors (Lipinski definition) is 3. The van der Waals surface area contributed by atoms with E-state index in [2.05, 4.69) is 22.8 Å². The zero-order valence-corrected chi connectivity index (χ0v) is 14.8. The molecule has 3 aliphatic rings. The van der Waals surface area contributed by atoms with Crippen LogP contribution in [0.25, 0.3) is 0 Å². The maximum absolute atomic E-state index is 12.3. The summed E-state index contributed by atoms with van der Waals surface area (Å²) in [4.78, 5) is 26.3. The molecule has 1 heterocycles. The van der Waals surface area contributed by atoms with Crippen LogP contribution in [0.5, 0.6) is 0 Å². The van der Waals surface area contributed by atoms with E-state index in [4.69, 9.17) is 4.74 Å². The van der Waals surface area contributed by atoms with Crippen LogP contribution in [0.1, 0.15) is 23.2 Å². The molecule has 4 rings (SSSR count). The molecule has 2 fully saturated rings.